The Labute approximate surface area is 172 Å². The number of carbonyl (C=O) groups excluding carboxylic acids is 2. The van der Waals surface area contributed by atoms with Crippen LogP contribution in [0.2, 0.25) is 0 Å². The highest BCUT2D eigenvalue weighted by Crippen LogP contribution is 2.40. The van der Waals surface area contributed by atoms with Crippen LogP contribution in [0.5, 0.6) is 0 Å². The molecule has 0 aromatic heterocycles. The SMILES string of the molecule is CCOC(=O)[C@H]1CCCN(S(=O)(=O)c2ccc3c(c2)C[C@H](C)N3C(=O)C2CC2)C1. The van der Waals surface area contributed by atoms with E-state index in [1.54, 1.807) is 25.1 Å². The number of sulfonamides is 1. The molecule has 1 aromatic rings. The number of benzene rings is 1. The minimum Gasteiger partial charge on any atom is -0.466 e. The Hall–Kier alpha value is -1.93. The van der Waals surface area contributed by atoms with Crippen LogP contribution in [-0.2, 0) is 30.8 Å². The number of piperidine rings is 1. The third kappa shape index (κ3) is 3.80. The molecule has 158 valence electrons. The molecular weight excluding hydrogens is 392 g/mol. The van der Waals surface area contributed by atoms with Crippen LogP contribution in [0.1, 0.15) is 45.1 Å². The number of ether oxygens (including phenoxy) is 1. The molecule has 0 radical (unpaired) electrons. The fourth-order valence-electron chi connectivity index (χ4n) is 4.39. The third-order valence-corrected chi connectivity index (χ3v) is 7.93. The van der Waals surface area contributed by atoms with Crippen molar-refractivity contribution in [2.24, 2.45) is 11.8 Å². The van der Waals surface area contributed by atoms with E-state index in [9.17, 15) is 18.0 Å². The highest BCUT2D eigenvalue weighted by Gasteiger charge is 2.40. The van der Waals surface area contributed by atoms with Crippen LogP contribution in [0.4, 0.5) is 5.69 Å². The minimum absolute atomic E-state index is 0.0410. The van der Waals surface area contributed by atoms with Crippen molar-refractivity contribution in [1.82, 2.24) is 4.31 Å². The van der Waals surface area contributed by atoms with Crippen LogP contribution in [0.15, 0.2) is 23.1 Å². The lowest BCUT2D eigenvalue weighted by Crippen LogP contribution is -2.42. The van der Waals surface area contributed by atoms with Gasteiger partial charge in [-0.15, -0.1) is 0 Å². The summed E-state index contributed by atoms with van der Waals surface area (Å²) in [6.45, 7) is 4.60. The number of fused-ring (bicyclic) bond motifs is 1. The van der Waals surface area contributed by atoms with Crippen molar-refractivity contribution in [1.29, 1.82) is 0 Å². The molecule has 1 aliphatic carbocycles. The summed E-state index contributed by atoms with van der Waals surface area (Å²) < 4.78 is 32.9. The second-order valence-corrected chi connectivity index (χ2v) is 10.2. The molecule has 0 bridgehead atoms. The van der Waals surface area contributed by atoms with Gasteiger partial charge in [-0.2, -0.15) is 4.31 Å². The van der Waals surface area contributed by atoms with Gasteiger partial charge in [-0.05, 0) is 69.7 Å². The van der Waals surface area contributed by atoms with Crippen LogP contribution < -0.4 is 4.90 Å². The molecule has 0 spiro atoms. The van der Waals surface area contributed by atoms with E-state index in [-0.39, 0.29) is 35.3 Å². The van der Waals surface area contributed by atoms with Crippen molar-refractivity contribution in [3.05, 3.63) is 23.8 Å². The smallest absolute Gasteiger partial charge is 0.310 e. The summed E-state index contributed by atoms with van der Waals surface area (Å²) in [5, 5.41) is 0. The summed E-state index contributed by atoms with van der Waals surface area (Å²) in [5.41, 5.74) is 1.72. The van der Waals surface area contributed by atoms with Crippen molar-refractivity contribution in [2.45, 2.75) is 56.9 Å². The molecule has 29 heavy (non-hydrogen) atoms. The maximum atomic E-state index is 13.2. The standard InChI is InChI=1S/C21H28N2O5S/c1-3-28-21(25)16-5-4-10-22(13-16)29(26,27)18-8-9-19-17(12-18)11-14(2)23(19)20(24)15-6-7-15/h8-9,12,14-16H,3-7,10-11,13H2,1-2H3/t14-,16-/m0/s1. The normalized spacial score (nSPS) is 25.0. The van der Waals surface area contributed by atoms with Crippen molar-refractivity contribution in [3.63, 3.8) is 0 Å². The highest BCUT2D eigenvalue weighted by molar-refractivity contribution is 7.89. The predicted molar refractivity (Wildman–Crippen MR) is 108 cm³/mol. The molecule has 4 rings (SSSR count). The summed E-state index contributed by atoms with van der Waals surface area (Å²) >= 11 is 0. The van der Waals surface area contributed by atoms with Gasteiger partial charge in [0.1, 0.15) is 0 Å². The number of nitrogens with zero attached hydrogens (tertiary/aromatic N) is 2. The van der Waals surface area contributed by atoms with Crippen LogP contribution in [0, 0.1) is 11.8 Å². The number of hydrogen-bond donors (Lipinski definition) is 0. The first-order valence-electron chi connectivity index (χ1n) is 10.5. The minimum atomic E-state index is -3.70. The molecule has 1 saturated heterocycles. The first kappa shape index (κ1) is 20.3. The zero-order valence-corrected chi connectivity index (χ0v) is 17.8. The van der Waals surface area contributed by atoms with Gasteiger partial charge in [0, 0.05) is 30.7 Å². The van der Waals surface area contributed by atoms with Gasteiger partial charge in [0.05, 0.1) is 17.4 Å². The fourth-order valence-corrected chi connectivity index (χ4v) is 5.97. The van der Waals surface area contributed by atoms with Crippen molar-refractivity contribution in [2.75, 3.05) is 24.6 Å². The number of esters is 1. The van der Waals surface area contributed by atoms with E-state index >= 15 is 0 Å². The summed E-state index contributed by atoms with van der Waals surface area (Å²) in [6, 6.07) is 5.10. The van der Waals surface area contributed by atoms with Crippen molar-refractivity contribution < 1.29 is 22.7 Å². The molecule has 2 aliphatic heterocycles. The van der Waals surface area contributed by atoms with E-state index in [2.05, 4.69) is 0 Å². The van der Waals surface area contributed by atoms with E-state index < -0.39 is 15.9 Å². The average molecular weight is 421 g/mol. The first-order chi connectivity index (χ1) is 13.8. The Morgan fingerprint density at radius 3 is 2.62 bits per heavy atom. The largest absolute Gasteiger partial charge is 0.466 e. The molecule has 1 aromatic carbocycles. The number of hydrogen-bond acceptors (Lipinski definition) is 5. The zero-order valence-electron chi connectivity index (χ0n) is 17.0. The van der Waals surface area contributed by atoms with Crippen molar-refractivity contribution >= 4 is 27.6 Å². The first-order valence-corrected chi connectivity index (χ1v) is 11.9. The maximum absolute atomic E-state index is 13.2. The summed E-state index contributed by atoms with van der Waals surface area (Å²) in [4.78, 5) is 26.8. The Bertz CT molecular complexity index is 925. The van der Waals surface area contributed by atoms with Gasteiger partial charge >= 0.3 is 5.97 Å². The molecule has 8 heteroatoms. The lowest BCUT2D eigenvalue weighted by atomic mass is 10.0. The number of carbonyl (C=O) groups is 2. The maximum Gasteiger partial charge on any atom is 0.310 e. The second-order valence-electron chi connectivity index (χ2n) is 8.28. The van der Waals surface area contributed by atoms with E-state index in [1.165, 1.54) is 4.31 Å². The molecule has 0 unspecified atom stereocenters. The topological polar surface area (TPSA) is 84.0 Å². The monoisotopic (exact) mass is 420 g/mol. The van der Waals surface area contributed by atoms with Crippen LogP contribution in [0.25, 0.3) is 0 Å². The van der Waals surface area contributed by atoms with Gasteiger partial charge in [-0.1, -0.05) is 0 Å². The molecule has 0 N–H and O–H groups in total. The zero-order chi connectivity index (χ0) is 20.8. The molecule has 7 nitrogen and oxygen atoms in total. The molecular formula is C21H28N2O5S. The number of amides is 1. The van der Waals surface area contributed by atoms with Gasteiger partial charge < -0.3 is 9.64 Å². The Morgan fingerprint density at radius 2 is 1.93 bits per heavy atom. The summed E-state index contributed by atoms with van der Waals surface area (Å²) in [5.74, 6) is -0.468. The predicted octanol–water partition coefficient (Wildman–Crippen LogP) is 2.34. The van der Waals surface area contributed by atoms with Gasteiger partial charge in [0.25, 0.3) is 0 Å². The van der Waals surface area contributed by atoms with E-state index in [0.717, 1.165) is 24.1 Å². The van der Waals surface area contributed by atoms with Gasteiger partial charge in [-0.3, -0.25) is 9.59 Å². The molecule has 3 aliphatic rings. The van der Waals surface area contributed by atoms with E-state index in [1.807, 2.05) is 11.8 Å². The number of anilines is 1. The van der Waals surface area contributed by atoms with Gasteiger partial charge in [0.2, 0.25) is 15.9 Å². The lowest BCUT2D eigenvalue weighted by molar-refractivity contribution is -0.149. The highest BCUT2D eigenvalue weighted by atomic mass is 32.2. The fraction of sp³-hybridized carbons (Fsp3) is 0.619. The van der Waals surface area contributed by atoms with E-state index in [0.29, 0.717) is 32.4 Å². The quantitative estimate of drug-likeness (QED) is 0.683. The Balaban J connectivity index is 1.56. The average Bonchev–Trinajstić information content (AvgIpc) is 3.49. The molecule has 1 amide bonds. The number of rotatable bonds is 5. The molecule has 2 heterocycles. The van der Waals surface area contributed by atoms with Gasteiger partial charge in [-0.25, -0.2) is 8.42 Å². The Kier molecular flexibility index (Phi) is 5.42. The molecule has 1 saturated carbocycles. The summed E-state index contributed by atoms with van der Waals surface area (Å²) in [6.07, 6.45) is 3.82. The van der Waals surface area contributed by atoms with Crippen LogP contribution >= 0.6 is 0 Å². The van der Waals surface area contributed by atoms with Crippen molar-refractivity contribution in [3.8, 4) is 0 Å². The van der Waals surface area contributed by atoms with Crippen LogP contribution in [-0.4, -0.2) is 50.3 Å². The summed E-state index contributed by atoms with van der Waals surface area (Å²) in [7, 11) is -3.70. The lowest BCUT2D eigenvalue weighted by Gasteiger charge is -2.30. The van der Waals surface area contributed by atoms with Gasteiger partial charge in [0.15, 0.2) is 0 Å². The second kappa shape index (κ2) is 7.72. The Morgan fingerprint density at radius 1 is 1.17 bits per heavy atom. The molecule has 2 fully saturated rings. The molecule has 2 atom stereocenters. The van der Waals surface area contributed by atoms with Crippen LogP contribution in [0.3, 0.4) is 0 Å². The van der Waals surface area contributed by atoms with E-state index in [4.69, 9.17) is 4.74 Å². The third-order valence-electron chi connectivity index (χ3n) is 6.07.